The maximum absolute atomic E-state index is 11.3. The summed E-state index contributed by atoms with van der Waals surface area (Å²) in [5, 5.41) is 0. The van der Waals surface area contributed by atoms with E-state index in [1.54, 1.807) is 18.2 Å². The summed E-state index contributed by atoms with van der Waals surface area (Å²) in [7, 11) is 0. The SMILES string of the molecule is CCC(=O)c1cc(C)cc(C=O)c1. The second-order valence-electron chi connectivity index (χ2n) is 3.03. The summed E-state index contributed by atoms with van der Waals surface area (Å²) in [5.74, 6) is 0.0757. The molecule has 0 N–H and O–H groups in total. The molecular formula is C11H12O2. The van der Waals surface area contributed by atoms with Gasteiger partial charge in [-0.25, -0.2) is 0 Å². The van der Waals surface area contributed by atoms with E-state index in [9.17, 15) is 9.59 Å². The molecule has 2 nitrogen and oxygen atoms in total. The maximum Gasteiger partial charge on any atom is 0.162 e. The molecule has 0 aliphatic rings. The van der Waals surface area contributed by atoms with Crippen molar-refractivity contribution >= 4 is 12.1 Å². The van der Waals surface area contributed by atoms with Gasteiger partial charge in [-0.2, -0.15) is 0 Å². The molecule has 0 bridgehead atoms. The first-order valence-corrected chi connectivity index (χ1v) is 4.27. The Bertz CT molecular complexity index is 340. The van der Waals surface area contributed by atoms with E-state index in [1.165, 1.54) is 0 Å². The van der Waals surface area contributed by atoms with Gasteiger partial charge in [0, 0.05) is 17.5 Å². The first-order valence-electron chi connectivity index (χ1n) is 4.27. The molecule has 1 rings (SSSR count). The highest BCUT2D eigenvalue weighted by molar-refractivity contribution is 5.97. The summed E-state index contributed by atoms with van der Waals surface area (Å²) in [6, 6.07) is 5.20. The summed E-state index contributed by atoms with van der Waals surface area (Å²) in [4.78, 5) is 21.8. The summed E-state index contributed by atoms with van der Waals surface area (Å²) in [5.41, 5.74) is 2.14. The maximum atomic E-state index is 11.3. The van der Waals surface area contributed by atoms with Crippen molar-refractivity contribution in [3.05, 3.63) is 34.9 Å². The van der Waals surface area contributed by atoms with Gasteiger partial charge in [0.05, 0.1) is 0 Å². The molecule has 0 radical (unpaired) electrons. The number of carbonyl (C=O) groups excluding carboxylic acids is 2. The molecule has 1 aromatic rings. The first kappa shape index (κ1) is 9.65. The van der Waals surface area contributed by atoms with Gasteiger partial charge in [-0.05, 0) is 30.7 Å². The highest BCUT2D eigenvalue weighted by atomic mass is 16.1. The van der Waals surface area contributed by atoms with Crippen LogP contribution in [0.1, 0.15) is 39.6 Å². The van der Waals surface area contributed by atoms with Crippen LogP contribution >= 0.6 is 0 Å². The minimum atomic E-state index is 0.0757. The van der Waals surface area contributed by atoms with Crippen LogP contribution in [-0.2, 0) is 0 Å². The highest BCUT2D eigenvalue weighted by Gasteiger charge is 2.04. The number of aryl methyl sites for hydroxylation is 1. The van der Waals surface area contributed by atoms with Crippen LogP contribution in [0.25, 0.3) is 0 Å². The number of carbonyl (C=O) groups is 2. The molecule has 68 valence electrons. The van der Waals surface area contributed by atoms with Gasteiger partial charge < -0.3 is 0 Å². The Morgan fingerprint density at radius 2 is 2.08 bits per heavy atom. The molecule has 0 aliphatic heterocycles. The van der Waals surface area contributed by atoms with Crippen LogP contribution in [0, 0.1) is 6.92 Å². The Labute approximate surface area is 77.6 Å². The number of aldehydes is 1. The lowest BCUT2D eigenvalue weighted by Gasteiger charge is -2.01. The molecule has 0 amide bonds. The molecule has 0 atom stereocenters. The average Bonchev–Trinajstić information content (AvgIpc) is 2.15. The Kier molecular flexibility index (Phi) is 2.96. The Hall–Kier alpha value is -1.44. The van der Waals surface area contributed by atoms with Gasteiger partial charge >= 0.3 is 0 Å². The van der Waals surface area contributed by atoms with Gasteiger partial charge in [-0.3, -0.25) is 9.59 Å². The number of hydrogen-bond donors (Lipinski definition) is 0. The van der Waals surface area contributed by atoms with Crippen molar-refractivity contribution in [1.82, 2.24) is 0 Å². The molecule has 0 heterocycles. The van der Waals surface area contributed by atoms with Crippen molar-refractivity contribution in [3.8, 4) is 0 Å². The lowest BCUT2D eigenvalue weighted by molar-refractivity contribution is 0.0988. The summed E-state index contributed by atoms with van der Waals surface area (Å²) < 4.78 is 0. The van der Waals surface area contributed by atoms with Crippen LogP contribution in [0.15, 0.2) is 18.2 Å². The average molecular weight is 176 g/mol. The van der Waals surface area contributed by atoms with Crippen molar-refractivity contribution < 1.29 is 9.59 Å². The van der Waals surface area contributed by atoms with Crippen molar-refractivity contribution in [1.29, 1.82) is 0 Å². The third-order valence-corrected chi connectivity index (χ3v) is 1.88. The fourth-order valence-corrected chi connectivity index (χ4v) is 1.25. The van der Waals surface area contributed by atoms with Crippen molar-refractivity contribution in [2.75, 3.05) is 0 Å². The van der Waals surface area contributed by atoms with E-state index >= 15 is 0 Å². The number of Topliss-reactive ketones (excluding diaryl/α,β-unsaturated/α-hetero) is 1. The zero-order valence-electron chi connectivity index (χ0n) is 7.83. The van der Waals surface area contributed by atoms with Gasteiger partial charge in [0.1, 0.15) is 6.29 Å². The van der Waals surface area contributed by atoms with Gasteiger partial charge in [0.15, 0.2) is 5.78 Å². The Morgan fingerprint density at radius 3 is 2.62 bits per heavy atom. The van der Waals surface area contributed by atoms with Gasteiger partial charge in [0.25, 0.3) is 0 Å². The summed E-state index contributed by atoms with van der Waals surface area (Å²) >= 11 is 0. The smallest absolute Gasteiger partial charge is 0.162 e. The molecule has 0 spiro atoms. The lowest BCUT2D eigenvalue weighted by Crippen LogP contribution is -1.98. The topological polar surface area (TPSA) is 34.1 Å². The standard InChI is InChI=1S/C11H12O2/c1-3-11(13)10-5-8(2)4-9(6-10)7-12/h4-7H,3H2,1-2H3. The van der Waals surface area contributed by atoms with Crippen molar-refractivity contribution in [2.45, 2.75) is 20.3 Å². The number of rotatable bonds is 3. The highest BCUT2D eigenvalue weighted by Crippen LogP contribution is 2.10. The van der Waals surface area contributed by atoms with E-state index in [-0.39, 0.29) is 5.78 Å². The van der Waals surface area contributed by atoms with Gasteiger partial charge in [-0.15, -0.1) is 0 Å². The molecule has 1 aromatic carbocycles. The van der Waals surface area contributed by atoms with E-state index in [1.807, 2.05) is 13.8 Å². The van der Waals surface area contributed by atoms with E-state index in [0.29, 0.717) is 17.5 Å². The minimum absolute atomic E-state index is 0.0757. The zero-order chi connectivity index (χ0) is 9.84. The van der Waals surface area contributed by atoms with Gasteiger partial charge in [0.2, 0.25) is 0 Å². The third-order valence-electron chi connectivity index (χ3n) is 1.88. The van der Waals surface area contributed by atoms with E-state index in [0.717, 1.165) is 11.8 Å². The van der Waals surface area contributed by atoms with Crippen molar-refractivity contribution in [2.24, 2.45) is 0 Å². The van der Waals surface area contributed by atoms with Crippen LogP contribution < -0.4 is 0 Å². The second-order valence-corrected chi connectivity index (χ2v) is 3.03. The molecular weight excluding hydrogens is 164 g/mol. The van der Waals surface area contributed by atoms with Crippen LogP contribution in [0.4, 0.5) is 0 Å². The van der Waals surface area contributed by atoms with Crippen LogP contribution in [0.2, 0.25) is 0 Å². The van der Waals surface area contributed by atoms with Gasteiger partial charge in [-0.1, -0.05) is 6.92 Å². The quantitative estimate of drug-likeness (QED) is 0.523. The third kappa shape index (κ3) is 2.25. The predicted molar refractivity (Wildman–Crippen MR) is 51.2 cm³/mol. The number of benzene rings is 1. The molecule has 0 saturated heterocycles. The van der Waals surface area contributed by atoms with Crippen LogP contribution in [0.3, 0.4) is 0 Å². The molecule has 0 aromatic heterocycles. The van der Waals surface area contributed by atoms with Crippen LogP contribution in [-0.4, -0.2) is 12.1 Å². The van der Waals surface area contributed by atoms with E-state index < -0.39 is 0 Å². The molecule has 0 fully saturated rings. The summed E-state index contributed by atoms with van der Waals surface area (Å²) in [6.45, 7) is 3.69. The molecule has 0 unspecified atom stereocenters. The van der Waals surface area contributed by atoms with Crippen molar-refractivity contribution in [3.63, 3.8) is 0 Å². The predicted octanol–water partition coefficient (Wildman–Crippen LogP) is 2.40. The molecule has 0 aliphatic carbocycles. The largest absolute Gasteiger partial charge is 0.298 e. The zero-order valence-corrected chi connectivity index (χ0v) is 7.83. The lowest BCUT2D eigenvalue weighted by atomic mass is 10.0. The first-order chi connectivity index (χ1) is 6.17. The monoisotopic (exact) mass is 176 g/mol. The van der Waals surface area contributed by atoms with E-state index in [4.69, 9.17) is 0 Å². The second kappa shape index (κ2) is 3.99. The summed E-state index contributed by atoms with van der Waals surface area (Å²) in [6.07, 6.45) is 1.24. The van der Waals surface area contributed by atoms with E-state index in [2.05, 4.69) is 0 Å². The fraction of sp³-hybridized carbons (Fsp3) is 0.273. The molecule has 13 heavy (non-hydrogen) atoms. The minimum Gasteiger partial charge on any atom is -0.298 e. The Morgan fingerprint density at radius 1 is 1.38 bits per heavy atom. The number of hydrogen-bond acceptors (Lipinski definition) is 2. The molecule has 2 heteroatoms. The Balaban J connectivity index is 3.15. The molecule has 0 saturated carbocycles. The fourth-order valence-electron chi connectivity index (χ4n) is 1.25. The number of ketones is 1. The van der Waals surface area contributed by atoms with Crippen LogP contribution in [0.5, 0.6) is 0 Å². The normalized spacial score (nSPS) is 9.69.